The molecule has 2 aliphatic heterocycles. The maximum absolute atomic E-state index is 5.35. The van der Waals surface area contributed by atoms with Gasteiger partial charge >= 0.3 is 0 Å². The molecule has 0 radical (unpaired) electrons. The zero-order chi connectivity index (χ0) is 19.3. The first-order valence-corrected chi connectivity index (χ1v) is 10.3. The smallest absolute Gasteiger partial charge is 0.232 e. The van der Waals surface area contributed by atoms with E-state index in [-0.39, 0.29) is 0 Å². The minimum Gasteiger partial charge on any atom is -0.359 e. The van der Waals surface area contributed by atoms with Crippen LogP contribution in [0, 0.1) is 0 Å². The van der Waals surface area contributed by atoms with E-state index < -0.39 is 0 Å². The molecule has 1 aromatic carbocycles. The topological polar surface area (TPSA) is 56.3 Å². The standard InChI is InChI=1S/C21H26N6S/c1-2-10-22-21(28)25-20-23-18(26-11-5-6-12-26)14-19(24-20)27-13-9-16-7-3-4-8-17(16)15-27/h2-4,7-8,14H,1,5-6,9-13,15H2,(H2,22,23,24,25,28). The van der Waals surface area contributed by atoms with Gasteiger partial charge in [0.1, 0.15) is 11.6 Å². The molecule has 0 unspecified atom stereocenters. The molecule has 0 saturated carbocycles. The summed E-state index contributed by atoms with van der Waals surface area (Å²) >= 11 is 5.35. The number of nitrogens with one attached hydrogen (secondary N) is 2. The van der Waals surface area contributed by atoms with E-state index in [1.54, 1.807) is 6.08 Å². The van der Waals surface area contributed by atoms with Crippen molar-refractivity contribution < 1.29 is 0 Å². The lowest BCUT2D eigenvalue weighted by molar-refractivity contribution is 0.719. The lowest BCUT2D eigenvalue weighted by Gasteiger charge is -2.30. The monoisotopic (exact) mass is 394 g/mol. The van der Waals surface area contributed by atoms with Crippen LogP contribution in [0.1, 0.15) is 24.0 Å². The number of hydrogen-bond donors (Lipinski definition) is 2. The zero-order valence-electron chi connectivity index (χ0n) is 16.0. The summed E-state index contributed by atoms with van der Waals surface area (Å²) in [6.07, 6.45) is 5.21. The highest BCUT2D eigenvalue weighted by atomic mass is 32.1. The Morgan fingerprint density at radius 3 is 2.54 bits per heavy atom. The van der Waals surface area contributed by atoms with E-state index in [0.717, 1.165) is 44.2 Å². The largest absolute Gasteiger partial charge is 0.359 e. The molecule has 0 aliphatic carbocycles. The van der Waals surface area contributed by atoms with Gasteiger partial charge in [-0.15, -0.1) is 6.58 Å². The van der Waals surface area contributed by atoms with Crippen LogP contribution in [0.2, 0.25) is 0 Å². The van der Waals surface area contributed by atoms with E-state index >= 15 is 0 Å². The first-order valence-electron chi connectivity index (χ1n) is 9.84. The van der Waals surface area contributed by atoms with Gasteiger partial charge in [0.05, 0.1) is 0 Å². The van der Waals surface area contributed by atoms with Gasteiger partial charge in [-0.3, -0.25) is 0 Å². The Labute approximate surface area is 171 Å². The van der Waals surface area contributed by atoms with Gasteiger partial charge in [-0.2, -0.15) is 9.97 Å². The Bertz CT molecular complexity index is 862. The number of benzene rings is 1. The van der Waals surface area contributed by atoms with Crippen molar-refractivity contribution in [1.82, 2.24) is 15.3 Å². The van der Waals surface area contributed by atoms with Crippen LogP contribution in [0.4, 0.5) is 17.6 Å². The van der Waals surface area contributed by atoms with Crippen LogP contribution in [0.3, 0.4) is 0 Å². The molecule has 7 heteroatoms. The van der Waals surface area contributed by atoms with Gasteiger partial charge in [0.15, 0.2) is 5.11 Å². The highest BCUT2D eigenvalue weighted by molar-refractivity contribution is 7.80. The molecular weight excluding hydrogens is 368 g/mol. The summed E-state index contributed by atoms with van der Waals surface area (Å²) in [4.78, 5) is 14.2. The molecule has 1 fully saturated rings. The lowest BCUT2D eigenvalue weighted by Crippen LogP contribution is -2.33. The maximum Gasteiger partial charge on any atom is 0.232 e. The number of aromatic nitrogens is 2. The highest BCUT2D eigenvalue weighted by Crippen LogP contribution is 2.28. The molecular formula is C21H26N6S. The van der Waals surface area contributed by atoms with Crippen molar-refractivity contribution in [2.75, 3.05) is 41.3 Å². The van der Waals surface area contributed by atoms with Crippen molar-refractivity contribution in [1.29, 1.82) is 0 Å². The van der Waals surface area contributed by atoms with Gasteiger partial charge in [-0.05, 0) is 42.6 Å². The molecule has 0 amide bonds. The van der Waals surface area contributed by atoms with Crippen LogP contribution >= 0.6 is 12.2 Å². The predicted molar refractivity (Wildman–Crippen MR) is 119 cm³/mol. The molecule has 0 spiro atoms. The molecule has 2 aliphatic rings. The first-order chi connectivity index (χ1) is 13.7. The summed E-state index contributed by atoms with van der Waals surface area (Å²) in [6.45, 7) is 8.21. The second-order valence-electron chi connectivity index (χ2n) is 7.17. The minimum atomic E-state index is 0.508. The molecule has 28 heavy (non-hydrogen) atoms. The summed E-state index contributed by atoms with van der Waals surface area (Å²) in [5.41, 5.74) is 2.80. The number of fused-ring (bicyclic) bond motifs is 1. The summed E-state index contributed by atoms with van der Waals surface area (Å²) in [6, 6.07) is 10.8. The first kappa shape index (κ1) is 18.7. The van der Waals surface area contributed by atoms with Crippen molar-refractivity contribution in [3.8, 4) is 0 Å². The summed E-state index contributed by atoms with van der Waals surface area (Å²) in [5, 5.41) is 6.72. The molecule has 4 rings (SSSR count). The average Bonchev–Trinajstić information content (AvgIpc) is 3.26. The van der Waals surface area contributed by atoms with Crippen molar-refractivity contribution in [3.63, 3.8) is 0 Å². The molecule has 2 N–H and O–H groups in total. The van der Waals surface area contributed by atoms with Crippen LogP contribution in [0.5, 0.6) is 0 Å². The quantitative estimate of drug-likeness (QED) is 0.597. The second-order valence-corrected chi connectivity index (χ2v) is 7.57. The fraction of sp³-hybridized carbons (Fsp3) is 0.381. The van der Waals surface area contributed by atoms with E-state index in [2.05, 4.69) is 57.3 Å². The van der Waals surface area contributed by atoms with E-state index in [1.165, 1.54) is 24.0 Å². The van der Waals surface area contributed by atoms with Crippen LogP contribution < -0.4 is 20.4 Å². The van der Waals surface area contributed by atoms with Crippen LogP contribution in [-0.2, 0) is 13.0 Å². The summed E-state index contributed by atoms with van der Waals surface area (Å²) < 4.78 is 0. The van der Waals surface area contributed by atoms with Gasteiger partial charge < -0.3 is 20.4 Å². The molecule has 1 saturated heterocycles. The van der Waals surface area contributed by atoms with Crippen LogP contribution in [0.15, 0.2) is 43.0 Å². The highest BCUT2D eigenvalue weighted by Gasteiger charge is 2.21. The predicted octanol–water partition coefficient (Wildman–Crippen LogP) is 3.11. The number of rotatable bonds is 5. The van der Waals surface area contributed by atoms with Crippen molar-refractivity contribution >= 4 is 34.9 Å². The molecule has 6 nitrogen and oxygen atoms in total. The van der Waals surface area contributed by atoms with Gasteiger partial charge in [-0.25, -0.2) is 0 Å². The van der Waals surface area contributed by atoms with E-state index in [4.69, 9.17) is 22.2 Å². The normalized spacial score (nSPS) is 15.9. The van der Waals surface area contributed by atoms with Crippen molar-refractivity contribution in [2.24, 2.45) is 0 Å². The maximum atomic E-state index is 5.35. The van der Waals surface area contributed by atoms with Crippen molar-refractivity contribution in [2.45, 2.75) is 25.8 Å². The second kappa shape index (κ2) is 8.56. The molecule has 0 atom stereocenters. The summed E-state index contributed by atoms with van der Waals surface area (Å²) in [7, 11) is 0. The third kappa shape index (κ3) is 4.25. The number of nitrogens with zero attached hydrogens (tertiary/aromatic N) is 4. The fourth-order valence-electron chi connectivity index (χ4n) is 3.75. The Balaban J connectivity index is 1.60. The van der Waals surface area contributed by atoms with Gasteiger partial charge in [0, 0.05) is 38.8 Å². The van der Waals surface area contributed by atoms with Gasteiger partial charge in [0.25, 0.3) is 0 Å². The summed E-state index contributed by atoms with van der Waals surface area (Å²) in [5.74, 6) is 2.45. The zero-order valence-corrected chi connectivity index (χ0v) is 16.8. The Morgan fingerprint density at radius 1 is 1.07 bits per heavy atom. The SMILES string of the molecule is C=CCNC(=S)Nc1nc(N2CCCC2)cc(N2CCc3ccccc3C2)n1. The molecule has 0 bridgehead atoms. The average molecular weight is 395 g/mol. The lowest BCUT2D eigenvalue weighted by atomic mass is 10.00. The molecule has 146 valence electrons. The molecule has 3 heterocycles. The van der Waals surface area contributed by atoms with E-state index in [0.29, 0.717) is 17.6 Å². The van der Waals surface area contributed by atoms with Gasteiger partial charge in [0.2, 0.25) is 5.95 Å². The molecule has 1 aromatic heterocycles. The number of thiocarbonyl (C=S) groups is 1. The number of hydrogen-bond acceptors (Lipinski definition) is 5. The molecule has 2 aromatic rings. The Hall–Kier alpha value is -2.67. The fourth-order valence-corrected chi connectivity index (χ4v) is 3.92. The third-order valence-electron chi connectivity index (χ3n) is 5.22. The van der Waals surface area contributed by atoms with E-state index in [9.17, 15) is 0 Å². The van der Waals surface area contributed by atoms with Crippen LogP contribution in [-0.4, -0.2) is 41.3 Å². The van der Waals surface area contributed by atoms with E-state index in [1.807, 2.05) is 0 Å². The third-order valence-corrected chi connectivity index (χ3v) is 5.46. The van der Waals surface area contributed by atoms with Gasteiger partial charge in [-0.1, -0.05) is 30.3 Å². The Morgan fingerprint density at radius 2 is 1.79 bits per heavy atom. The van der Waals surface area contributed by atoms with Crippen LogP contribution in [0.25, 0.3) is 0 Å². The Kier molecular flexibility index (Phi) is 5.71. The van der Waals surface area contributed by atoms with Crippen molar-refractivity contribution in [3.05, 3.63) is 54.1 Å². The minimum absolute atomic E-state index is 0.508. The number of anilines is 3.